The van der Waals surface area contributed by atoms with Gasteiger partial charge in [-0.1, -0.05) is 36.0 Å². The van der Waals surface area contributed by atoms with Gasteiger partial charge in [0.2, 0.25) is 6.41 Å². The summed E-state index contributed by atoms with van der Waals surface area (Å²) in [6, 6.07) is 1.26. The van der Waals surface area contributed by atoms with E-state index in [4.69, 9.17) is 33.5 Å². The zero-order chi connectivity index (χ0) is 19.8. The lowest BCUT2D eigenvalue weighted by Crippen LogP contribution is -2.10. The van der Waals surface area contributed by atoms with Gasteiger partial charge in [-0.05, 0) is 12.1 Å². The van der Waals surface area contributed by atoms with E-state index in [2.05, 4.69) is 17.9 Å². The van der Waals surface area contributed by atoms with Crippen LogP contribution in [0.4, 0.5) is 24.8 Å². The van der Waals surface area contributed by atoms with Gasteiger partial charge in [-0.3, -0.25) is 4.79 Å². The molecule has 1 unspecified atom stereocenters. The van der Waals surface area contributed by atoms with Gasteiger partial charge in [0.05, 0.1) is 26.9 Å². The van der Waals surface area contributed by atoms with E-state index in [1.54, 1.807) is 0 Å². The third-order valence-corrected chi connectivity index (χ3v) is 4.54. The molecule has 1 atom stereocenters. The number of carbonyl (C=O) groups excluding carboxylic acids is 1. The minimum atomic E-state index is -4.68. The molecule has 1 heterocycles. The number of rotatable bonds is 5. The molecule has 7 nitrogen and oxygen atoms in total. The lowest BCUT2D eigenvalue weighted by atomic mass is 10.2. The fourth-order valence-electron chi connectivity index (χ4n) is 2.05. The summed E-state index contributed by atoms with van der Waals surface area (Å²) in [7, 11) is 0. The van der Waals surface area contributed by atoms with E-state index in [1.165, 1.54) is 0 Å². The van der Waals surface area contributed by atoms with Crippen molar-refractivity contribution in [3.63, 3.8) is 0 Å². The molecule has 26 heavy (non-hydrogen) atoms. The number of benzene rings is 1. The van der Waals surface area contributed by atoms with Crippen LogP contribution in [0.25, 0.3) is 5.69 Å². The molecule has 1 aromatic carbocycles. The Balaban J connectivity index is 2.71. The quantitative estimate of drug-likeness (QED) is 0.370. The summed E-state index contributed by atoms with van der Waals surface area (Å²) in [5.74, 6) is -0.954. The summed E-state index contributed by atoms with van der Waals surface area (Å²) in [5.41, 5.74) is 4.56. The van der Waals surface area contributed by atoms with Crippen LogP contribution in [0.2, 0.25) is 10.0 Å². The van der Waals surface area contributed by atoms with Crippen molar-refractivity contribution in [2.75, 3.05) is 10.0 Å². The predicted molar refractivity (Wildman–Crippen MR) is 95.0 cm³/mol. The summed E-state index contributed by atoms with van der Waals surface area (Å²) in [6.07, 6.45) is -4.43. The van der Waals surface area contributed by atoms with Crippen molar-refractivity contribution in [1.82, 2.24) is 9.78 Å². The molecule has 1 aromatic heterocycles. The third-order valence-electron chi connectivity index (χ3n) is 3.14. The first-order chi connectivity index (χ1) is 12.0. The first kappa shape index (κ1) is 20.8. The number of thiol groups is 1. The second-order valence-corrected chi connectivity index (χ2v) is 6.98. The van der Waals surface area contributed by atoms with Crippen LogP contribution in [0.5, 0.6) is 0 Å². The first-order valence-corrected chi connectivity index (χ1v) is 8.85. The van der Waals surface area contributed by atoms with E-state index in [9.17, 15) is 22.2 Å². The van der Waals surface area contributed by atoms with Gasteiger partial charge in [-0.15, -0.1) is 5.10 Å². The summed E-state index contributed by atoms with van der Waals surface area (Å²) in [6.45, 7) is 0. The molecule has 0 aliphatic carbocycles. The van der Waals surface area contributed by atoms with Gasteiger partial charge in [-0.25, -0.2) is 13.2 Å². The SMILES string of the molecule is Nc1c(CS(=O)O)c(N(S)C=O)nn1-c1c(Cl)cc(C(F)(F)F)cc1Cl. The Morgan fingerprint density at radius 3 is 2.35 bits per heavy atom. The number of alkyl halides is 3. The first-order valence-electron chi connectivity index (χ1n) is 6.42. The summed E-state index contributed by atoms with van der Waals surface area (Å²) in [5, 5.41) is 3.10. The van der Waals surface area contributed by atoms with Crippen LogP contribution in [0, 0.1) is 0 Å². The molecule has 0 fully saturated rings. The van der Waals surface area contributed by atoms with Crippen LogP contribution in [0.15, 0.2) is 12.1 Å². The molecular weight excluding hydrogens is 440 g/mol. The number of halogens is 5. The molecule has 2 rings (SSSR count). The molecule has 0 radical (unpaired) electrons. The van der Waals surface area contributed by atoms with Gasteiger partial charge in [-0.2, -0.15) is 13.2 Å². The molecule has 0 saturated carbocycles. The number of nitrogens with two attached hydrogens (primary N) is 1. The van der Waals surface area contributed by atoms with E-state index in [0.717, 1.165) is 4.68 Å². The van der Waals surface area contributed by atoms with Crippen LogP contribution in [0.1, 0.15) is 11.1 Å². The Morgan fingerprint density at radius 2 is 1.92 bits per heavy atom. The molecule has 0 bridgehead atoms. The molecule has 0 aliphatic rings. The Morgan fingerprint density at radius 1 is 1.38 bits per heavy atom. The lowest BCUT2D eigenvalue weighted by molar-refractivity contribution is -0.137. The van der Waals surface area contributed by atoms with Crippen molar-refractivity contribution in [2.24, 2.45) is 0 Å². The number of hydrogen-bond acceptors (Lipinski definition) is 5. The highest BCUT2D eigenvalue weighted by molar-refractivity contribution is 7.82. The molecule has 0 aliphatic heterocycles. The van der Waals surface area contributed by atoms with E-state index in [-0.39, 0.29) is 29.3 Å². The molecule has 142 valence electrons. The predicted octanol–water partition coefficient (Wildman–Crippen LogP) is 3.31. The number of aromatic nitrogens is 2. The maximum absolute atomic E-state index is 12.8. The van der Waals surface area contributed by atoms with Crippen LogP contribution < -0.4 is 10.0 Å². The van der Waals surface area contributed by atoms with Crippen molar-refractivity contribution in [2.45, 2.75) is 11.9 Å². The van der Waals surface area contributed by atoms with Crippen LogP contribution in [0.3, 0.4) is 0 Å². The van der Waals surface area contributed by atoms with Gasteiger partial charge >= 0.3 is 6.18 Å². The zero-order valence-corrected chi connectivity index (χ0v) is 15.6. The standard InChI is InChI=1S/C12H9Cl2F3N4O3S2/c13-7-1-5(12(15,16)17)2-8(14)9(7)21-10(18)6(3-26(23)24)11(19-21)20(25)4-22/h1-2,4,25H,3,18H2,(H,23,24). The van der Waals surface area contributed by atoms with Gasteiger partial charge in [0.1, 0.15) is 11.5 Å². The zero-order valence-electron chi connectivity index (χ0n) is 12.4. The van der Waals surface area contributed by atoms with Gasteiger partial charge in [0.15, 0.2) is 16.9 Å². The number of nitrogen functional groups attached to an aromatic ring is 1. The molecule has 3 N–H and O–H groups in total. The average molecular weight is 449 g/mol. The Kier molecular flexibility index (Phi) is 6.13. The molecular formula is C12H9Cl2F3N4O3S2. The molecule has 1 amide bonds. The topological polar surface area (TPSA) is 101 Å². The number of nitrogens with zero attached hydrogens (tertiary/aromatic N) is 3. The fourth-order valence-corrected chi connectivity index (χ4v) is 3.38. The monoisotopic (exact) mass is 448 g/mol. The second-order valence-electron chi connectivity index (χ2n) is 4.80. The highest BCUT2D eigenvalue weighted by atomic mass is 35.5. The van der Waals surface area contributed by atoms with Crippen molar-refractivity contribution < 1.29 is 26.7 Å². The summed E-state index contributed by atoms with van der Waals surface area (Å²) in [4.78, 5) is 10.9. The van der Waals surface area contributed by atoms with Gasteiger partial charge in [0, 0.05) is 0 Å². The van der Waals surface area contributed by atoms with Crippen LogP contribution in [-0.2, 0) is 27.8 Å². The van der Waals surface area contributed by atoms with Crippen molar-refractivity contribution in [1.29, 1.82) is 0 Å². The molecule has 2 aromatic rings. The normalized spacial score (nSPS) is 12.9. The minimum absolute atomic E-state index is 0.0417. The Bertz CT molecular complexity index is 868. The van der Waals surface area contributed by atoms with E-state index in [0.29, 0.717) is 16.4 Å². The number of anilines is 2. The third kappa shape index (κ3) is 4.09. The largest absolute Gasteiger partial charge is 0.416 e. The maximum atomic E-state index is 12.8. The van der Waals surface area contributed by atoms with Crippen molar-refractivity contribution in [3.05, 3.63) is 33.3 Å². The average Bonchev–Trinajstić information content (AvgIpc) is 2.82. The molecule has 14 heteroatoms. The van der Waals surface area contributed by atoms with Crippen LogP contribution >= 0.6 is 36.0 Å². The minimum Gasteiger partial charge on any atom is -0.383 e. The number of carbonyl (C=O) groups is 1. The Hall–Kier alpha value is -1.47. The highest BCUT2D eigenvalue weighted by Gasteiger charge is 2.33. The number of hydrogen-bond donors (Lipinski definition) is 3. The smallest absolute Gasteiger partial charge is 0.383 e. The second kappa shape index (κ2) is 7.64. The van der Waals surface area contributed by atoms with Crippen molar-refractivity contribution >= 4 is 65.1 Å². The molecule has 0 saturated heterocycles. The number of amides is 1. The maximum Gasteiger partial charge on any atom is 0.416 e. The fraction of sp³-hybridized carbons (Fsp3) is 0.167. The van der Waals surface area contributed by atoms with Crippen molar-refractivity contribution in [3.8, 4) is 5.69 Å². The van der Waals surface area contributed by atoms with E-state index >= 15 is 0 Å². The van der Waals surface area contributed by atoms with Gasteiger partial charge in [0.25, 0.3) is 0 Å². The molecule has 0 spiro atoms. The summed E-state index contributed by atoms with van der Waals surface area (Å²) >= 11 is 13.3. The van der Waals surface area contributed by atoms with E-state index < -0.39 is 38.6 Å². The Labute approximate surface area is 162 Å². The lowest BCUT2D eigenvalue weighted by Gasteiger charge is -2.13. The van der Waals surface area contributed by atoms with Crippen LogP contribution in [-0.4, -0.2) is 25.0 Å². The van der Waals surface area contributed by atoms with E-state index in [1.807, 2.05) is 0 Å². The summed E-state index contributed by atoms with van der Waals surface area (Å²) < 4.78 is 60.3. The van der Waals surface area contributed by atoms with Gasteiger partial charge < -0.3 is 10.3 Å². The highest BCUT2D eigenvalue weighted by Crippen LogP contribution is 2.39.